The molecule has 8 heteroatoms. The maximum absolute atomic E-state index is 11.7. The topological polar surface area (TPSA) is 73.8 Å². The van der Waals surface area contributed by atoms with Gasteiger partial charge in [-0.15, -0.1) is 24.0 Å². The molecular formula is C22H37IN4O2S. The van der Waals surface area contributed by atoms with Crippen molar-refractivity contribution >= 4 is 39.8 Å². The van der Waals surface area contributed by atoms with Crippen LogP contribution in [0, 0.1) is 5.41 Å². The first-order valence-corrected chi connectivity index (χ1v) is 12.9. The smallest absolute Gasteiger partial charge is 0.191 e. The third-order valence-corrected chi connectivity index (χ3v) is 7.16. The monoisotopic (exact) mass is 548 g/mol. The molecule has 0 bridgehead atoms. The Hall–Kier alpha value is -0.870. The van der Waals surface area contributed by atoms with Gasteiger partial charge >= 0.3 is 0 Å². The van der Waals surface area contributed by atoms with Crippen LogP contribution in [0.25, 0.3) is 0 Å². The quantitative estimate of drug-likeness (QED) is 0.297. The summed E-state index contributed by atoms with van der Waals surface area (Å²) < 4.78 is 23.4. The van der Waals surface area contributed by atoms with Crippen LogP contribution in [0.5, 0.6) is 0 Å². The number of hydrogen-bond donors (Lipinski definition) is 2. The molecule has 1 saturated carbocycles. The summed E-state index contributed by atoms with van der Waals surface area (Å²) in [6.07, 6.45) is 5.39. The summed E-state index contributed by atoms with van der Waals surface area (Å²) in [6, 6.07) is 11.5. The van der Waals surface area contributed by atoms with Crippen LogP contribution >= 0.6 is 24.0 Å². The van der Waals surface area contributed by atoms with E-state index in [2.05, 4.69) is 59.7 Å². The molecule has 3 rings (SSSR count). The highest BCUT2D eigenvalue weighted by molar-refractivity contribution is 14.0. The first-order valence-electron chi connectivity index (χ1n) is 10.8. The lowest BCUT2D eigenvalue weighted by atomic mass is 9.97. The molecule has 0 aromatic heterocycles. The van der Waals surface area contributed by atoms with Crippen molar-refractivity contribution in [1.82, 2.24) is 15.5 Å². The fourth-order valence-electron chi connectivity index (χ4n) is 4.25. The Kier molecular flexibility index (Phi) is 9.42. The van der Waals surface area contributed by atoms with Crippen molar-refractivity contribution in [3.63, 3.8) is 0 Å². The van der Waals surface area contributed by atoms with Gasteiger partial charge in [-0.05, 0) is 45.1 Å². The lowest BCUT2D eigenvalue weighted by molar-refractivity contribution is 0.134. The number of sulfone groups is 1. The Bertz CT molecular complexity index is 797. The van der Waals surface area contributed by atoms with Crippen molar-refractivity contribution in [3.05, 3.63) is 35.9 Å². The molecule has 30 heavy (non-hydrogen) atoms. The van der Waals surface area contributed by atoms with Crippen molar-refractivity contribution in [2.24, 2.45) is 10.4 Å². The molecule has 170 valence electrons. The number of nitrogens with one attached hydrogen (secondary N) is 2. The van der Waals surface area contributed by atoms with Crippen LogP contribution in [-0.4, -0.2) is 63.0 Å². The zero-order chi connectivity index (χ0) is 20.9. The van der Waals surface area contributed by atoms with Gasteiger partial charge in [0, 0.05) is 49.9 Å². The Morgan fingerprint density at radius 3 is 2.53 bits per heavy atom. The first kappa shape index (κ1) is 25.4. The number of hydrogen-bond acceptors (Lipinski definition) is 4. The number of halogens is 1. The standard InChI is InChI=1S/C22H36N4O2S.HI/c1-4-23-21(24-16-22(11-12-22)17-29(3,27)28)25-20-10-13-26(18(2)14-20)15-19-8-6-5-7-9-19;/h5-9,18,20H,4,10-17H2,1-3H3,(H2,23,24,25);1H. The maximum atomic E-state index is 11.7. The van der Waals surface area contributed by atoms with Crippen molar-refractivity contribution in [2.45, 2.75) is 58.2 Å². The third-order valence-electron chi connectivity index (χ3n) is 6.03. The van der Waals surface area contributed by atoms with E-state index < -0.39 is 9.84 Å². The number of aliphatic imine (C=N–C) groups is 1. The molecule has 2 N–H and O–H groups in total. The molecule has 6 nitrogen and oxygen atoms in total. The molecule has 1 saturated heterocycles. The Balaban J connectivity index is 0.00000320. The highest BCUT2D eigenvalue weighted by Gasteiger charge is 2.45. The van der Waals surface area contributed by atoms with E-state index in [0.717, 1.165) is 51.3 Å². The van der Waals surface area contributed by atoms with Crippen LogP contribution in [0.4, 0.5) is 0 Å². The number of nitrogens with zero attached hydrogens (tertiary/aromatic N) is 2. The average molecular weight is 549 g/mol. The molecule has 0 radical (unpaired) electrons. The number of rotatable bonds is 8. The average Bonchev–Trinajstić information content (AvgIpc) is 3.41. The predicted octanol–water partition coefficient (Wildman–Crippen LogP) is 3.04. The molecule has 1 aromatic rings. The van der Waals surface area contributed by atoms with E-state index in [1.165, 1.54) is 11.8 Å². The largest absolute Gasteiger partial charge is 0.357 e. The van der Waals surface area contributed by atoms with Crippen molar-refractivity contribution in [2.75, 3.05) is 31.6 Å². The second-order valence-corrected chi connectivity index (χ2v) is 11.1. The number of benzene rings is 1. The molecule has 1 aliphatic carbocycles. The lowest BCUT2D eigenvalue weighted by Gasteiger charge is -2.38. The van der Waals surface area contributed by atoms with Crippen LogP contribution in [0.3, 0.4) is 0 Å². The summed E-state index contributed by atoms with van der Waals surface area (Å²) >= 11 is 0. The predicted molar refractivity (Wildman–Crippen MR) is 135 cm³/mol. The summed E-state index contributed by atoms with van der Waals surface area (Å²) in [5.41, 5.74) is 1.23. The molecule has 2 atom stereocenters. The summed E-state index contributed by atoms with van der Waals surface area (Å²) in [4.78, 5) is 7.30. The van der Waals surface area contributed by atoms with Gasteiger partial charge in [0.25, 0.3) is 0 Å². The molecule has 0 amide bonds. The second kappa shape index (κ2) is 11.1. The maximum Gasteiger partial charge on any atom is 0.191 e. The van der Waals surface area contributed by atoms with E-state index in [0.29, 0.717) is 18.6 Å². The first-order chi connectivity index (χ1) is 13.8. The van der Waals surface area contributed by atoms with Gasteiger partial charge in [-0.25, -0.2) is 8.42 Å². The van der Waals surface area contributed by atoms with E-state index in [4.69, 9.17) is 4.99 Å². The van der Waals surface area contributed by atoms with E-state index in [-0.39, 0.29) is 35.1 Å². The van der Waals surface area contributed by atoms with Crippen molar-refractivity contribution < 1.29 is 8.42 Å². The van der Waals surface area contributed by atoms with Gasteiger partial charge in [0.15, 0.2) is 5.96 Å². The Morgan fingerprint density at radius 2 is 1.97 bits per heavy atom. The number of likely N-dealkylation sites (tertiary alicyclic amines) is 1. The fourth-order valence-corrected chi connectivity index (χ4v) is 5.74. The van der Waals surface area contributed by atoms with Crippen molar-refractivity contribution in [3.8, 4) is 0 Å². The molecule has 2 aliphatic rings. The molecule has 1 aliphatic heterocycles. The summed E-state index contributed by atoms with van der Waals surface area (Å²) in [5.74, 6) is 1.07. The zero-order valence-electron chi connectivity index (χ0n) is 18.4. The minimum atomic E-state index is -2.96. The summed E-state index contributed by atoms with van der Waals surface area (Å²) in [6.45, 7) is 7.80. The second-order valence-electron chi connectivity index (χ2n) is 8.94. The van der Waals surface area contributed by atoms with Gasteiger partial charge in [-0.3, -0.25) is 9.89 Å². The highest BCUT2D eigenvalue weighted by atomic mass is 127. The van der Waals surface area contributed by atoms with Gasteiger partial charge in [-0.2, -0.15) is 0 Å². The zero-order valence-corrected chi connectivity index (χ0v) is 21.6. The minimum Gasteiger partial charge on any atom is -0.357 e. The highest BCUT2D eigenvalue weighted by Crippen LogP contribution is 2.46. The van der Waals surface area contributed by atoms with E-state index in [1.54, 1.807) is 0 Å². The molecule has 2 fully saturated rings. The van der Waals surface area contributed by atoms with Gasteiger partial charge in [0.05, 0.1) is 5.75 Å². The van der Waals surface area contributed by atoms with E-state index in [1.807, 2.05) is 0 Å². The van der Waals surface area contributed by atoms with Gasteiger partial charge in [0.2, 0.25) is 0 Å². The Labute approximate surface area is 199 Å². The van der Waals surface area contributed by atoms with Crippen LogP contribution in [0.15, 0.2) is 35.3 Å². The number of piperidine rings is 1. The summed E-state index contributed by atoms with van der Waals surface area (Å²) in [7, 11) is -2.96. The summed E-state index contributed by atoms with van der Waals surface area (Å²) in [5, 5.41) is 6.93. The van der Waals surface area contributed by atoms with Gasteiger partial charge in [0.1, 0.15) is 9.84 Å². The Morgan fingerprint density at radius 1 is 1.27 bits per heavy atom. The van der Waals surface area contributed by atoms with Crippen LogP contribution < -0.4 is 10.6 Å². The van der Waals surface area contributed by atoms with Crippen LogP contribution in [0.1, 0.15) is 45.1 Å². The molecule has 1 heterocycles. The lowest BCUT2D eigenvalue weighted by Crippen LogP contribution is -2.51. The molecular weight excluding hydrogens is 511 g/mol. The minimum absolute atomic E-state index is 0. The molecule has 2 unspecified atom stereocenters. The molecule has 1 aromatic carbocycles. The van der Waals surface area contributed by atoms with Crippen molar-refractivity contribution in [1.29, 1.82) is 0 Å². The normalized spacial score (nSPS) is 24.0. The fraction of sp³-hybridized carbons (Fsp3) is 0.682. The molecule has 0 spiro atoms. The van der Waals surface area contributed by atoms with Gasteiger partial charge in [-0.1, -0.05) is 30.3 Å². The van der Waals surface area contributed by atoms with Crippen LogP contribution in [0.2, 0.25) is 0 Å². The van der Waals surface area contributed by atoms with Crippen LogP contribution in [-0.2, 0) is 16.4 Å². The van der Waals surface area contributed by atoms with E-state index >= 15 is 0 Å². The van der Waals surface area contributed by atoms with E-state index in [9.17, 15) is 8.42 Å². The van der Waals surface area contributed by atoms with Gasteiger partial charge < -0.3 is 10.6 Å². The number of guanidine groups is 1. The third kappa shape index (κ3) is 8.00. The SMILES string of the molecule is CCNC(=NCC1(CS(C)(=O)=O)CC1)NC1CCN(Cc2ccccc2)C(C)C1.I.